The van der Waals surface area contributed by atoms with Crippen LogP contribution in [0.2, 0.25) is 0 Å². The van der Waals surface area contributed by atoms with Gasteiger partial charge in [0.2, 0.25) is 0 Å². The molecule has 0 aromatic heterocycles. The maximum Gasteiger partial charge on any atom is 0.101 e. The molecule has 0 aliphatic rings. The average molecular weight is 191 g/mol. The summed E-state index contributed by atoms with van der Waals surface area (Å²) in [6.45, 7) is 7.71. The molecule has 0 saturated heterocycles. The van der Waals surface area contributed by atoms with Crippen LogP contribution in [0.4, 0.5) is 0 Å². The van der Waals surface area contributed by atoms with Gasteiger partial charge in [-0.1, -0.05) is 6.92 Å². The summed E-state index contributed by atoms with van der Waals surface area (Å²) in [5, 5.41) is 12.4. The average Bonchev–Trinajstić information content (AvgIpc) is 2.14. The molecule has 0 fully saturated rings. The van der Waals surface area contributed by atoms with Crippen molar-refractivity contribution in [2.45, 2.75) is 20.0 Å². The number of rotatable bonds is 9. The highest BCUT2D eigenvalue weighted by molar-refractivity contribution is 4.51. The SMILES string of the molecule is CCNCCOCC(O)COCC. The number of ether oxygens (including phenoxy) is 2. The first-order valence-electron chi connectivity index (χ1n) is 4.85. The van der Waals surface area contributed by atoms with Crippen LogP contribution in [0.5, 0.6) is 0 Å². The summed E-state index contributed by atoms with van der Waals surface area (Å²) in [5.41, 5.74) is 0. The zero-order valence-corrected chi connectivity index (χ0v) is 8.58. The fraction of sp³-hybridized carbons (Fsp3) is 1.00. The molecule has 0 heterocycles. The molecule has 0 aliphatic carbocycles. The molecule has 0 aromatic rings. The molecule has 2 N–H and O–H groups in total. The fourth-order valence-electron chi connectivity index (χ4n) is 0.842. The minimum absolute atomic E-state index is 0.353. The molecule has 13 heavy (non-hydrogen) atoms. The van der Waals surface area contributed by atoms with E-state index < -0.39 is 6.10 Å². The van der Waals surface area contributed by atoms with Gasteiger partial charge in [-0.2, -0.15) is 0 Å². The topological polar surface area (TPSA) is 50.7 Å². The van der Waals surface area contributed by atoms with Crippen molar-refractivity contribution >= 4 is 0 Å². The summed E-state index contributed by atoms with van der Waals surface area (Å²) < 4.78 is 10.2. The van der Waals surface area contributed by atoms with Gasteiger partial charge in [-0.25, -0.2) is 0 Å². The van der Waals surface area contributed by atoms with Crippen molar-refractivity contribution in [2.24, 2.45) is 0 Å². The number of likely N-dealkylation sites (N-methyl/N-ethyl adjacent to an activating group) is 1. The maximum atomic E-state index is 9.27. The van der Waals surface area contributed by atoms with E-state index >= 15 is 0 Å². The van der Waals surface area contributed by atoms with Gasteiger partial charge in [-0.15, -0.1) is 0 Å². The zero-order chi connectivity index (χ0) is 9.94. The molecule has 1 unspecified atom stereocenters. The van der Waals surface area contributed by atoms with E-state index in [0.717, 1.165) is 13.1 Å². The van der Waals surface area contributed by atoms with Crippen LogP contribution in [0.3, 0.4) is 0 Å². The zero-order valence-electron chi connectivity index (χ0n) is 8.58. The van der Waals surface area contributed by atoms with E-state index in [1.807, 2.05) is 13.8 Å². The lowest BCUT2D eigenvalue weighted by Gasteiger charge is -2.10. The van der Waals surface area contributed by atoms with E-state index in [9.17, 15) is 5.11 Å². The fourth-order valence-corrected chi connectivity index (χ4v) is 0.842. The molecule has 0 bridgehead atoms. The Labute approximate surface area is 80.2 Å². The van der Waals surface area contributed by atoms with Gasteiger partial charge in [0.25, 0.3) is 0 Å². The Morgan fingerprint density at radius 2 is 1.92 bits per heavy atom. The van der Waals surface area contributed by atoms with Crippen molar-refractivity contribution in [2.75, 3.05) is 39.5 Å². The van der Waals surface area contributed by atoms with Crippen LogP contribution in [-0.4, -0.2) is 50.7 Å². The lowest BCUT2D eigenvalue weighted by atomic mass is 10.4. The third kappa shape index (κ3) is 9.76. The Hall–Kier alpha value is -0.160. The second-order valence-corrected chi connectivity index (χ2v) is 2.74. The number of aliphatic hydroxyl groups excluding tert-OH is 1. The highest BCUT2D eigenvalue weighted by Crippen LogP contribution is 1.87. The normalized spacial score (nSPS) is 13.2. The van der Waals surface area contributed by atoms with Gasteiger partial charge < -0.3 is 19.9 Å². The Bertz CT molecular complexity index is 101. The summed E-state index contributed by atoms with van der Waals surface area (Å²) in [5.74, 6) is 0. The first-order chi connectivity index (χ1) is 6.31. The number of aliphatic hydroxyl groups is 1. The third-order valence-corrected chi connectivity index (χ3v) is 1.50. The summed E-state index contributed by atoms with van der Waals surface area (Å²) in [7, 11) is 0. The van der Waals surface area contributed by atoms with Gasteiger partial charge in [-0.3, -0.25) is 0 Å². The van der Waals surface area contributed by atoms with Crippen LogP contribution >= 0.6 is 0 Å². The summed E-state index contributed by atoms with van der Waals surface area (Å²) in [6, 6.07) is 0. The van der Waals surface area contributed by atoms with Crippen molar-refractivity contribution in [3.8, 4) is 0 Å². The summed E-state index contributed by atoms with van der Waals surface area (Å²) >= 11 is 0. The van der Waals surface area contributed by atoms with Crippen LogP contribution in [0.15, 0.2) is 0 Å². The number of nitrogens with one attached hydrogen (secondary N) is 1. The Kier molecular flexibility index (Phi) is 9.80. The van der Waals surface area contributed by atoms with Crippen LogP contribution in [0.1, 0.15) is 13.8 Å². The molecular formula is C9H21NO3. The van der Waals surface area contributed by atoms with Crippen molar-refractivity contribution in [1.29, 1.82) is 0 Å². The third-order valence-electron chi connectivity index (χ3n) is 1.50. The van der Waals surface area contributed by atoms with E-state index in [1.54, 1.807) is 0 Å². The summed E-state index contributed by atoms with van der Waals surface area (Å²) in [6.07, 6.45) is -0.499. The Balaban J connectivity index is 3.03. The predicted octanol–water partition coefficient (Wildman–Crippen LogP) is 0.00990. The van der Waals surface area contributed by atoms with Crippen LogP contribution < -0.4 is 5.32 Å². The van der Waals surface area contributed by atoms with Gasteiger partial charge >= 0.3 is 0 Å². The van der Waals surface area contributed by atoms with E-state index in [0.29, 0.717) is 26.4 Å². The Morgan fingerprint density at radius 3 is 2.54 bits per heavy atom. The molecule has 0 rings (SSSR count). The molecule has 80 valence electrons. The first-order valence-corrected chi connectivity index (χ1v) is 4.85. The molecule has 0 amide bonds. The molecule has 0 saturated carbocycles. The Morgan fingerprint density at radius 1 is 1.23 bits per heavy atom. The van der Waals surface area contributed by atoms with Gasteiger partial charge in [-0.05, 0) is 13.5 Å². The van der Waals surface area contributed by atoms with Crippen LogP contribution in [0, 0.1) is 0 Å². The van der Waals surface area contributed by atoms with E-state index in [1.165, 1.54) is 0 Å². The number of hydrogen-bond donors (Lipinski definition) is 2. The highest BCUT2D eigenvalue weighted by Gasteiger charge is 2.02. The summed E-state index contributed by atoms with van der Waals surface area (Å²) in [4.78, 5) is 0. The second-order valence-electron chi connectivity index (χ2n) is 2.74. The first kappa shape index (κ1) is 12.8. The molecule has 0 aromatic carbocycles. The lowest BCUT2D eigenvalue weighted by Crippen LogP contribution is -2.25. The van der Waals surface area contributed by atoms with Gasteiger partial charge in [0.15, 0.2) is 0 Å². The minimum atomic E-state index is -0.499. The van der Waals surface area contributed by atoms with Crippen molar-refractivity contribution in [3.05, 3.63) is 0 Å². The van der Waals surface area contributed by atoms with Crippen LogP contribution in [-0.2, 0) is 9.47 Å². The van der Waals surface area contributed by atoms with Gasteiger partial charge in [0.05, 0.1) is 19.8 Å². The molecule has 4 heteroatoms. The molecule has 0 radical (unpaired) electrons. The largest absolute Gasteiger partial charge is 0.388 e. The highest BCUT2D eigenvalue weighted by atomic mass is 16.5. The van der Waals surface area contributed by atoms with E-state index in [4.69, 9.17) is 9.47 Å². The van der Waals surface area contributed by atoms with Crippen molar-refractivity contribution in [3.63, 3.8) is 0 Å². The quantitative estimate of drug-likeness (QED) is 0.504. The van der Waals surface area contributed by atoms with E-state index in [-0.39, 0.29) is 0 Å². The predicted molar refractivity (Wildman–Crippen MR) is 51.9 cm³/mol. The van der Waals surface area contributed by atoms with Crippen molar-refractivity contribution < 1.29 is 14.6 Å². The standard InChI is InChI=1S/C9H21NO3/c1-3-10-5-6-13-8-9(11)7-12-4-2/h9-11H,3-8H2,1-2H3. The monoisotopic (exact) mass is 191 g/mol. The molecule has 1 atom stereocenters. The molecule has 4 nitrogen and oxygen atoms in total. The second kappa shape index (κ2) is 9.92. The maximum absolute atomic E-state index is 9.27. The molecule has 0 aliphatic heterocycles. The van der Waals surface area contributed by atoms with E-state index in [2.05, 4.69) is 5.32 Å². The minimum Gasteiger partial charge on any atom is -0.388 e. The van der Waals surface area contributed by atoms with Crippen LogP contribution in [0.25, 0.3) is 0 Å². The van der Waals surface area contributed by atoms with Gasteiger partial charge in [0.1, 0.15) is 6.10 Å². The molecular weight excluding hydrogens is 170 g/mol. The lowest BCUT2D eigenvalue weighted by molar-refractivity contribution is -0.0152. The number of hydrogen-bond acceptors (Lipinski definition) is 4. The molecule has 0 spiro atoms. The smallest absolute Gasteiger partial charge is 0.101 e. The van der Waals surface area contributed by atoms with Crippen molar-refractivity contribution in [1.82, 2.24) is 5.32 Å². The van der Waals surface area contributed by atoms with Gasteiger partial charge in [0, 0.05) is 13.2 Å².